The van der Waals surface area contributed by atoms with Crippen LogP contribution < -0.4 is 0 Å². The molecule has 1 saturated heterocycles. The maximum atomic E-state index is 5.95. The summed E-state index contributed by atoms with van der Waals surface area (Å²) in [5.74, 6) is 0. The number of rotatable bonds is 6. The Morgan fingerprint density at radius 3 is 2.74 bits per heavy atom. The number of nitrogens with zero attached hydrogens (tertiary/aromatic N) is 2. The van der Waals surface area contributed by atoms with Crippen LogP contribution in [0.2, 0.25) is 0 Å². The monoisotopic (exact) mass is 270 g/mol. The van der Waals surface area contributed by atoms with Crippen LogP contribution >= 0.6 is 0 Å². The van der Waals surface area contributed by atoms with E-state index >= 15 is 0 Å². The molecule has 4 nitrogen and oxygen atoms in total. The van der Waals surface area contributed by atoms with Gasteiger partial charge in [-0.3, -0.25) is 4.90 Å². The minimum Gasteiger partial charge on any atom is -0.381 e. The van der Waals surface area contributed by atoms with E-state index in [4.69, 9.17) is 9.47 Å². The molecular formula is C15H30N2O2. The predicted octanol–water partition coefficient (Wildman–Crippen LogP) is 1.60. The molecule has 2 aliphatic rings. The molecule has 1 heterocycles. The lowest BCUT2D eigenvalue weighted by atomic mass is 9.88. The molecule has 3 atom stereocenters. The van der Waals surface area contributed by atoms with E-state index in [9.17, 15) is 0 Å². The van der Waals surface area contributed by atoms with Gasteiger partial charge in [-0.2, -0.15) is 0 Å². The zero-order chi connectivity index (χ0) is 13.7. The summed E-state index contributed by atoms with van der Waals surface area (Å²) in [4.78, 5) is 5.14. The van der Waals surface area contributed by atoms with Crippen LogP contribution in [0.25, 0.3) is 0 Å². The zero-order valence-corrected chi connectivity index (χ0v) is 12.8. The summed E-state index contributed by atoms with van der Waals surface area (Å²) in [5, 5.41) is 0. The molecular weight excluding hydrogens is 240 g/mol. The summed E-state index contributed by atoms with van der Waals surface area (Å²) >= 11 is 0. The molecule has 1 saturated carbocycles. The highest BCUT2D eigenvalue weighted by molar-refractivity contribution is 4.91. The molecule has 0 aromatic carbocycles. The van der Waals surface area contributed by atoms with Gasteiger partial charge in [0.2, 0.25) is 0 Å². The summed E-state index contributed by atoms with van der Waals surface area (Å²) < 4.78 is 11.5. The van der Waals surface area contributed by atoms with Crippen LogP contribution in [-0.2, 0) is 9.47 Å². The molecule has 1 aliphatic heterocycles. The molecule has 0 aromatic heterocycles. The Hall–Kier alpha value is -0.160. The minimum absolute atomic E-state index is 0.430. The van der Waals surface area contributed by atoms with Gasteiger partial charge in [-0.15, -0.1) is 0 Å². The van der Waals surface area contributed by atoms with Gasteiger partial charge in [0.25, 0.3) is 0 Å². The van der Waals surface area contributed by atoms with E-state index in [0.29, 0.717) is 18.2 Å². The Morgan fingerprint density at radius 1 is 1.26 bits per heavy atom. The first kappa shape index (κ1) is 15.2. The number of hydrogen-bond donors (Lipinski definition) is 0. The van der Waals surface area contributed by atoms with E-state index in [2.05, 4.69) is 23.6 Å². The SMILES string of the molecule is CCN(CC)CCN1CCO[C@@H]2CC[C@H](OC)C[C@@H]21. The molecule has 0 radical (unpaired) electrons. The Bertz CT molecular complexity index is 259. The van der Waals surface area contributed by atoms with Gasteiger partial charge >= 0.3 is 0 Å². The highest BCUT2D eigenvalue weighted by atomic mass is 16.5. The third-order valence-corrected chi connectivity index (χ3v) is 4.82. The molecule has 0 N–H and O–H groups in total. The molecule has 4 heteroatoms. The molecule has 0 unspecified atom stereocenters. The average molecular weight is 270 g/mol. The number of likely N-dealkylation sites (N-methyl/N-ethyl adjacent to an activating group) is 1. The van der Waals surface area contributed by atoms with Gasteiger partial charge in [0, 0.05) is 32.8 Å². The van der Waals surface area contributed by atoms with E-state index in [1.165, 1.54) is 13.1 Å². The van der Waals surface area contributed by atoms with Crippen LogP contribution in [0.3, 0.4) is 0 Å². The van der Waals surface area contributed by atoms with E-state index in [1.54, 1.807) is 0 Å². The van der Waals surface area contributed by atoms with Gasteiger partial charge in [0.05, 0.1) is 18.8 Å². The first-order valence-electron chi connectivity index (χ1n) is 7.89. The first-order chi connectivity index (χ1) is 9.28. The Morgan fingerprint density at radius 2 is 2.05 bits per heavy atom. The van der Waals surface area contributed by atoms with E-state index in [-0.39, 0.29) is 0 Å². The summed E-state index contributed by atoms with van der Waals surface area (Å²) in [6, 6.07) is 0.572. The molecule has 0 bridgehead atoms. The van der Waals surface area contributed by atoms with Crippen molar-refractivity contribution in [2.75, 3.05) is 46.4 Å². The second-order valence-electron chi connectivity index (χ2n) is 5.71. The van der Waals surface area contributed by atoms with Crippen molar-refractivity contribution in [2.24, 2.45) is 0 Å². The highest BCUT2D eigenvalue weighted by Crippen LogP contribution is 2.29. The summed E-state index contributed by atoms with van der Waals surface area (Å²) in [6.45, 7) is 11.1. The van der Waals surface area contributed by atoms with Crippen molar-refractivity contribution >= 4 is 0 Å². The minimum atomic E-state index is 0.430. The summed E-state index contributed by atoms with van der Waals surface area (Å²) in [6.07, 6.45) is 4.32. The fraction of sp³-hybridized carbons (Fsp3) is 1.00. The van der Waals surface area contributed by atoms with Crippen LogP contribution in [0.15, 0.2) is 0 Å². The fourth-order valence-electron chi connectivity index (χ4n) is 3.45. The number of hydrogen-bond acceptors (Lipinski definition) is 4. The van der Waals surface area contributed by atoms with Crippen LogP contribution in [0.5, 0.6) is 0 Å². The number of morpholine rings is 1. The van der Waals surface area contributed by atoms with Gasteiger partial charge < -0.3 is 14.4 Å². The molecule has 19 heavy (non-hydrogen) atoms. The summed E-state index contributed by atoms with van der Waals surface area (Å²) in [7, 11) is 1.84. The van der Waals surface area contributed by atoms with Crippen molar-refractivity contribution in [3.63, 3.8) is 0 Å². The normalized spacial score (nSPS) is 32.5. The second kappa shape index (κ2) is 7.58. The lowest BCUT2D eigenvalue weighted by Gasteiger charge is -2.46. The maximum Gasteiger partial charge on any atom is 0.0732 e. The van der Waals surface area contributed by atoms with Gasteiger partial charge in [-0.05, 0) is 32.4 Å². The largest absolute Gasteiger partial charge is 0.381 e. The van der Waals surface area contributed by atoms with Gasteiger partial charge in [-0.1, -0.05) is 13.8 Å². The lowest BCUT2D eigenvalue weighted by molar-refractivity contribution is -0.114. The molecule has 112 valence electrons. The van der Waals surface area contributed by atoms with Crippen molar-refractivity contribution in [3.05, 3.63) is 0 Å². The zero-order valence-electron chi connectivity index (χ0n) is 12.8. The highest BCUT2D eigenvalue weighted by Gasteiger charge is 2.37. The number of fused-ring (bicyclic) bond motifs is 1. The number of methoxy groups -OCH3 is 1. The van der Waals surface area contributed by atoms with Crippen LogP contribution in [-0.4, -0.2) is 74.5 Å². The van der Waals surface area contributed by atoms with Crippen LogP contribution in [0.4, 0.5) is 0 Å². The Labute approximate surface area is 118 Å². The molecule has 2 rings (SSSR count). The molecule has 0 spiro atoms. The van der Waals surface area contributed by atoms with Crippen molar-refractivity contribution in [1.29, 1.82) is 0 Å². The predicted molar refractivity (Wildman–Crippen MR) is 77.5 cm³/mol. The van der Waals surface area contributed by atoms with E-state index in [1.807, 2.05) is 7.11 Å². The smallest absolute Gasteiger partial charge is 0.0732 e. The van der Waals surface area contributed by atoms with Crippen molar-refractivity contribution in [2.45, 2.75) is 51.4 Å². The molecule has 1 aliphatic carbocycles. The lowest BCUT2D eigenvalue weighted by Crippen LogP contribution is -2.56. The van der Waals surface area contributed by atoms with Crippen molar-refractivity contribution < 1.29 is 9.47 Å². The quantitative estimate of drug-likeness (QED) is 0.732. The number of ether oxygens (including phenoxy) is 2. The fourth-order valence-corrected chi connectivity index (χ4v) is 3.45. The van der Waals surface area contributed by atoms with Gasteiger partial charge in [0.1, 0.15) is 0 Å². The van der Waals surface area contributed by atoms with Crippen LogP contribution in [0, 0.1) is 0 Å². The third-order valence-electron chi connectivity index (χ3n) is 4.82. The summed E-state index contributed by atoms with van der Waals surface area (Å²) in [5.41, 5.74) is 0. The topological polar surface area (TPSA) is 24.9 Å². The van der Waals surface area contributed by atoms with Gasteiger partial charge in [-0.25, -0.2) is 0 Å². The molecule has 0 aromatic rings. The van der Waals surface area contributed by atoms with Crippen LogP contribution in [0.1, 0.15) is 33.1 Å². The van der Waals surface area contributed by atoms with Crippen molar-refractivity contribution in [1.82, 2.24) is 9.80 Å². The Balaban J connectivity index is 1.87. The second-order valence-corrected chi connectivity index (χ2v) is 5.71. The Kier molecular flexibility index (Phi) is 6.07. The van der Waals surface area contributed by atoms with Gasteiger partial charge in [0.15, 0.2) is 0 Å². The first-order valence-corrected chi connectivity index (χ1v) is 7.89. The standard InChI is InChI=1S/C15H30N2O2/c1-4-16(5-2)8-9-17-10-11-19-15-7-6-13(18-3)12-14(15)17/h13-15H,4-12H2,1-3H3/t13-,14-,15+/m0/s1. The molecule has 0 amide bonds. The molecule has 2 fully saturated rings. The third kappa shape index (κ3) is 3.91. The maximum absolute atomic E-state index is 5.95. The van der Waals surface area contributed by atoms with E-state index < -0.39 is 0 Å². The van der Waals surface area contributed by atoms with Crippen molar-refractivity contribution in [3.8, 4) is 0 Å². The average Bonchev–Trinajstić information content (AvgIpc) is 2.47. The van der Waals surface area contributed by atoms with E-state index in [0.717, 1.165) is 45.5 Å².